The lowest BCUT2D eigenvalue weighted by Gasteiger charge is -2.33. The Bertz CT molecular complexity index is 1230. The molecule has 1 saturated heterocycles. The van der Waals surface area contributed by atoms with Crippen LogP contribution in [0.15, 0.2) is 71.6 Å². The number of sulfone groups is 1. The lowest BCUT2D eigenvalue weighted by molar-refractivity contribution is -0.122. The number of amides is 1. The molecule has 0 unspecified atom stereocenters. The molecule has 3 aromatic rings. The maximum atomic E-state index is 13.2. The average molecular weight is 482 g/mol. The maximum Gasteiger partial charge on any atom is 0.239 e. The second kappa shape index (κ2) is 10.6. The van der Waals surface area contributed by atoms with Gasteiger partial charge in [0.1, 0.15) is 5.75 Å². The van der Waals surface area contributed by atoms with Crippen LogP contribution in [-0.2, 0) is 25.8 Å². The standard InChI is InChI=1S/C27H31NO5S/c28-26(29)27(15-18-32-19-16-27)34(30,31)25-13-11-24(12-14-25)33-17-5-1-2-6-21-9-10-22-7-3-4-8-23(22)20-21/h3-4,7-14,20H,1-2,5-6,15-19H2,(H2,28,29). The van der Waals surface area contributed by atoms with E-state index in [0.717, 1.165) is 25.7 Å². The topological polar surface area (TPSA) is 95.7 Å². The number of nitrogens with two attached hydrogens (primary N) is 1. The van der Waals surface area contributed by atoms with E-state index in [-0.39, 0.29) is 31.0 Å². The van der Waals surface area contributed by atoms with Crippen molar-refractivity contribution in [2.24, 2.45) is 5.73 Å². The van der Waals surface area contributed by atoms with Crippen LogP contribution in [0.2, 0.25) is 0 Å². The van der Waals surface area contributed by atoms with Crippen molar-refractivity contribution in [1.82, 2.24) is 0 Å². The molecular weight excluding hydrogens is 450 g/mol. The molecule has 1 aliphatic heterocycles. The molecule has 6 nitrogen and oxygen atoms in total. The van der Waals surface area contributed by atoms with Crippen LogP contribution in [0.3, 0.4) is 0 Å². The number of rotatable bonds is 10. The summed E-state index contributed by atoms with van der Waals surface area (Å²) in [6.45, 7) is 0.959. The molecule has 0 bridgehead atoms. The second-order valence-corrected chi connectivity index (χ2v) is 11.0. The molecule has 1 amide bonds. The van der Waals surface area contributed by atoms with Crippen LogP contribution < -0.4 is 10.5 Å². The maximum absolute atomic E-state index is 13.2. The molecule has 1 heterocycles. The third-order valence-electron chi connectivity index (χ3n) is 6.59. The zero-order chi connectivity index (χ0) is 24.0. The van der Waals surface area contributed by atoms with Crippen molar-refractivity contribution < 1.29 is 22.7 Å². The lowest BCUT2D eigenvalue weighted by atomic mass is 9.98. The summed E-state index contributed by atoms with van der Waals surface area (Å²) < 4.78 is 35.8. The second-order valence-electron chi connectivity index (χ2n) is 8.79. The number of hydrogen-bond acceptors (Lipinski definition) is 5. The van der Waals surface area contributed by atoms with E-state index in [1.54, 1.807) is 12.1 Å². The van der Waals surface area contributed by atoms with Gasteiger partial charge < -0.3 is 15.2 Å². The molecule has 0 saturated carbocycles. The van der Waals surface area contributed by atoms with Gasteiger partial charge in [-0.25, -0.2) is 8.42 Å². The normalized spacial score (nSPS) is 15.8. The summed E-state index contributed by atoms with van der Waals surface area (Å²) in [6.07, 6.45) is 4.22. The number of unbranched alkanes of at least 4 members (excludes halogenated alkanes) is 2. The van der Waals surface area contributed by atoms with Gasteiger partial charge in [0.15, 0.2) is 14.6 Å². The smallest absolute Gasteiger partial charge is 0.239 e. The van der Waals surface area contributed by atoms with Gasteiger partial charge in [0, 0.05) is 13.2 Å². The van der Waals surface area contributed by atoms with Crippen LogP contribution in [-0.4, -0.2) is 38.9 Å². The van der Waals surface area contributed by atoms with Crippen molar-refractivity contribution in [3.8, 4) is 5.75 Å². The van der Waals surface area contributed by atoms with Gasteiger partial charge in [-0.05, 0) is 79.1 Å². The quantitative estimate of drug-likeness (QED) is 0.432. The lowest BCUT2D eigenvalue weighted by Crippen LogP contribution is -2.53. The van der Waals surface area contributed by atoms with Crippen molar-refractivity contribution in [2.75, 3.05) is 19.8 Å². The summed E-state index contributed by atoms with van der Waals surface area (Å²) in [6, 6.07) is 21.2. The molecule has 3 aromatic carbocycles. The zero-order valence-electron chi connectivity index (χ0n) is 19.2. The summed E-state index contributed by atoms with van der Waals surface area (Å²) in [7, 11) is -3.92. The van der Waals surface area contributed by atoms with E-state index in [1.807, 2.05) is 0 Å². The van der Waals surface area contributed by atoms with Crippen LogP contribution in [0.5, 0.6) is 5.75 Å². The van der Waals surface area contributed by atoms with Gasteiger partial charge in [-0.3, -0.25) is 4.79 Å². The highest BCUT2D eigenvalue weighted by Crippen LogP contribution is 2.35. The van der Waals surface area contributed by atoms with Gasteiger partial charge in [-0.1, -0.05) is 42.5 Å². The van der Waals surface area contributed by atoms with Crippen molar-refractivity contribution in [3.63, 3.8) is 0 Å². The molecule has 0 atom stereocenters. The van der Waals surface area contributed by atoms with E-state index >= 15 is 0 Å². The SMILES string of the molecule is NC(=O)C1(S(=O)(=O)c2ccc(OCCCCCc3ccc4ccccc4c3)cc2)CCOCC1. The fourth-order valence-corrected chi connectivity index (χ4v) is 6.40. The third kappa shape index (κ3) is 5.10. The zero-order valence-corrected chi connectivity index (χ0v) is 20.1. The van der Waals surface area contributed by atoms with Crippen LogP contribution in [0.1, 0.15) is 37.7 Å². The Labute approximate surface area is 201 Å². The molecule has 0 spiro atoms. The summed E-state index contributed by atoms with van der Waals surface area (Å²) in [4.78, 5) is 12.2. The first-order valence-electron chi connectivity index (χ1n) is 11.8. The van der Waals surface area contributed by atoms with Gasteiger partial charge in [0.2, 0.25) is 5.91 Å². The first-order chi connectivity index (χ1) is 16.4. The highest BCUT2D eigenvalue weighted by Gasteiger charge is 2.51. The summed E-state index contributed by atoms with van der Waals surface area (Å²) in [5.74, 6) is -0.214. The van der Waals surface area contributed by atoms with E-state index in [4.69, 9.17) is 15.2 Å². The molecule has 4 rings (SSSR count). The molecule has 2 N–H and O–H groups in total. The monoisotopic (exact) mass is 481 g/mol. The molecule has 7 heteroatoms. The van der Waals surface area contributed by atoms with E-state index in [1.165, 1.54) is 28.5 Å². The molecular formula is C27H31NO5S. The Balaban J connectivity index is 1.25. The number of primary amides is 1. The van der Waals surface area contributed by atoms with Crippen molar-refractivity contribution >= 4 is 26.5 Å². The van der Waals surface area contributed by atoms with E-state index < -0.39 is 20.5 Å². The van der Waals surface area contributed by atoms with Gasteiger partial charge in [0.05, 0.1) is 11.5 Å². The Morgan fingerprint density at radius 2 is 1.62 bits per heavy atom. The molecule has 180 valence electrons. The number of aryl methyl sites for hydroxylation is 1. The molecule has 1 fully saturated rings. The number of carbonyl (C=O) groups is 1. The molecule has 0 aromatic heterocycles. The van der Waals surface area contributed by atoms with Crippen LogP contribution in [0, 0.1) is 0 Å². The summed E-state index contributed by atoms with van der Waals surface area (Å²) in [5, 5.41) is 2.53. The van der Waals surface area contributed by atoms with Crippen molar-refractivity contribution in [1.29, 1.82) is 0 Å². The van der Waals surface area contributed by atoms with E-state index in [0.29, 0.717) is 12.4 Å². The van der Waals surface area contributed by atoms with E-state index in [9.17, 15) is 13.2 Å². The predicted octanol–water partition coefficient (Wildman–Crippen LogP) is 4.44. The Morgan fingerprint density at radius 3 is 2.32 bits per heavy atom. The van der Waals surface area contributed by atoms with Crippen LogP contribution in [0.25, 0.3) is 10.8 Å². The summed E-state index contributed by atoms with van der Waals surface area (Å²) in [5.41, 5.74) is 6.87. The number of benzene rings is 3. The van der Waals surface area contributed by atoms with Crippen LogP contribution >= 0.6 is 0 Å². The van der Waals surface area contributed by atoms with Gasteiger partial charge in [0.25, 0.3) is 0 Å². The minimum Gasteiger partial charge on any atom is -0.494 e. The Morgan fingerprint density at radius 1 is 0.912 bits per heavy atom. The molecule has 1 aliphatic rings. The average Bonchev–Trinajstić information content (AvgIpc) is 2.86. The fourth-order valence-electron chi connectivity index (χ4n) is 4.48. The van der Waals surface area contributed by atoms with Gasteiger partial charge in [-0.15, -0.1) is 0 Å². The van der Waals surface area contributed by atoms with Crippen molar-refractivity contribution in [2.45, 2.75) is 48.2 Å². The third-order valence-corrected chi connectivity index (χ3v) is 9.12. The number of hydrogen-bond donors (Lipinski definition) is 1. The van der Waals surface area contributed by atoms with Crippen LogP contribution in [0.4, 0.5) is 0 Å². The first kappa shape index (κ1) is 24.2. The molecule has 0 aliphatic carbocycles. The molecule has 34 heavy (non-hydrogen) atoms. The number of fused-ring (bicyclic) bond motifs is 1. The highest BCUT2D eigenvalue weighted by atomic mass is 32.2. The largest absolute Gasteiger partial charge is 0.494 e. The fraction of sp³-hybridized carbons (Fsp3) is 0.370. The van der Waals surface area contributed by atoms with E-state index in [2.05, 4.69) is 42.5 Å². The molecule has 0 radical (unpaired) electrons. The van der Waals surface area contributed by atoms with Crippen molar-refractivity contribution in [3.05, 3.63) is 72.3 Å². The Hall–Kier alpha value is -2.90. The van der Waals surface area contributed by atoms with Gasteiger partial charge in [-0.2, -0.15) is 0 Å². The minimum atomic E-state index is -3.92. The predicted molar refractivity (Wildman–Crippen MR) is 133 cm³/mol. The number of carbonyl (C=O) groups excluding carboxylic acids is 1. The number of ether oxygens (including phenoxy) is 2. The first-order valence-corrected chi connectivity index (χ1v) is 13.2. The Kier molecular flexibility index (Phi) is 7.54. The van der Waals surface area contributed by atoms with Gasteiger partial charge >= 0.3 is 0 Å². The summed E-state index contributed by atoms with van der Waals surface area (Å²) >= 11 is 0. The minimum absolute atomic E-state index is 0.0716. The highest BCUT2D eigenvalue weighted by molar-refractivity contribution is 7.93.